The largest absolute Gasteiger partial charge is 0.490 e. The summed E-state index contributed by atoms with van der Waals surface area (Å²) in [6.45, 7) is 0.898. The van der Waals surface area contributed by atoms with Gasteiger partial charge in [0.1, 0.15) is 17.8 Å². The SMILES string of the molecule is CN1CC[C@@H](NC(=O)Cc2nc3ccccc3o2)C[C@@H]1c1nc2ccccc2[nH]1.O=C(O)C(F)(F)F. The van der Waals surface area contributed by atoms with Crippen LogP contribution in [0.5, 0.6) is 0 Å². The van der Waals surface area contributed by atoms with Crippen LogP contribution in [0.1, 0.15) is 30.6 Å². The summed E-state index contributed by atoms with van der Waals surface area (Å²) in [6.07, 6.45) is -3.21. The van der Waals surface area contributed by atoms with E-state index in [2.05, 4.69) is 27.2 Å². The van der Waals surface area contributed by atoms with E-state index in [1.807, 2.05) is 48.5 Å². The minimum Gasteiger partial charge on any atom is -0.475 e. The van der Waals surface area contributed by atoms with Gasteiger partial charge in [-0.2, -0.15) is 13.2 Å². The maximum Gasteiger partial charge on any atom is 0.490 e. The monoisotopic (exact) mass is 503 g/mol. The number of hydrogen-bond acceptors (Lipinski definition) is 6. The fourth-order valence-electron chi connectivity index (χ4n) is 4.08. The molecule has 3 N–H and O–H groups in total. The lowest BCUT2D eigenvalue weighted by Crippen LogP contribution is -2.45. The Balaban J connectivity index is 0.000000384. The van der Waals surface area contributed by atoms with Crippen LogP contribution < -0.4 is 5.32 Å². The average Bonchev–Trinajstić information content (AvgIpc) is 3.43. The van der Waals surface area contributed by atoms with Crippen LogP contribution in [0.25, 0.3) is 22.1 Å². The van der Waals surface area contributed by atoms with E-state index in [1.54, 1.807) is 0 Å². The quantitative estimate of drug-likeness (QED) is 0.387. The van der Waals surface area contributed by atoms with Crippen molar-refractivity contribution in [2.45, 2.75) is 37.5 Å². The van der Waals surface area contributed by atoms with Gasteiger partial charge in [-0.05, 0) is 44.2 Å². The number of amides is 1. The van der Waals surface area contributed by atoms with E-state index < -0.39 is 12.1 Å². The smallest absolute Gasteiger partial charge is 0.475 e. The first kappa shape index (κ1) is 25.2. The Morgan fingerprint density at radius 3 is 2.47 bits per heavy atom. The molecule has 9 nitrogen and oxygen atoms in total. The number of imidazole rings is 1. The first-order valence-corrected chi connectivity index (χ1v) is 11.2. The highest BCUT2D eigenvalue weighted by atomic mass is 19.4. The molecule has 0 bridgehead atoms. The van der Waals surface area contributed by atoms with Crippen molar-refractivity contribution >= 4 is 34.0 Å². The van der Waals surface area contributed by atoms with Crippen LogP contribution in [0.3, 0.4) is 0 Å². The lowest BCUT2D eigenvalue weighted by molar-refractivity contribution is -0.192. The number of carboxylic acids is 1. The molecule has 2 aromatic heterocycles. The number of carbonyl (C=O) groups is 2. The van der Waals surface area contributed by atoms with Crippen molar-refractivity contribution in [1.29, 1.82) is 0 Å². The number of H-pyrrole nitrogens is 1. The Labute approximate surface area is 203 Å². The van der Waals surface area contributed by atoms with Crippen LogP contribution in [0, 0.1) is 0 Å². The zero-order valence-electron chi connectivity index (χ0n) is 19.2. The van der Waals surface area contributed by atoms with Gasteiger partial charge in [0.15, 0.2) is 5.58 Å². The van der Waals surface area contributed by atoms with Crippen LogP contribution in [0.15, 0.2) is 52.9 Å². The van der Waals surface area contributed by atoms with Gasteiger partial charge in [0.25, 0.3) is 0 Å². The third-order valence-electron chi connectivity index (χ3n) is 5.85. The minimum atomic E-state index is -5.08. The molecule has 2 aromatic carbocycles. The topological polar surface area (TPSA) is 124 Å². The third-order valence-corrected chi connectivity index (χ3v) is 5.85. The van der Waals surface area contributed by atoms with Gasteiger partial charge in [0.2, 0.25) is 11.8 Å². The third kappa shape index (κ3) is 6.00. The number of para-hydroxylation sites is 4. The molecule has 1 aliphatic rings. The number of alkyl halides is 3. The van der Waals surface area contributed by atoms with Gasteiger partial charge in [0.05, 0.1) is 17.1 Å². The van der Waals surface area contributed by atoms with Crippen LogP contribution in [0.4, 0.5) is 13.2 Å². The first-order chi connectivity index (χ1) is 17.1. The molecule has 0 spiro atoms. The van der Waals surface area contributed by atoms with Crippen LogP contribution in [-0.4, -0.2) is 62.6 Å². The van der Waals surface area contributed by atoms with Gasteiger partial charge in [-0.25, -0.2) is 14.8 Å². The summed E-state index contributed by atoms with van der Waals surface area (Å²) >= 11 is 0. The highest BCUT2D eigenvalue weighted by Gasteiger charge is 2.38. The van der Waals surface area contributed by atoms with Gasteiger partial charge in [-0.15, -0.1) is 0 Å². The molecule has 2 atom stereocenters. The maximum absolute atomic E-state index is 12.6. The average molecular weight is 503 g/mol. The molecule has 1 amide bonds. The fraction of sp³-hybridized carbons (Fsp3) is 0.333. The summed E-state index contributed by atoms with van der Waals surface area (Å²) in [5.41, 5.74) is 3.50. The number of aliphatic carboxylic acids is 1. The second-order valence-electron chi connectivity index (χ2n) is 8.48. The second kappa shape index (κ2) is 10.4. The van der Waals surface area contributed by atoms with Crippen molar-refractivity contribution in [3.8, 4) is 0 Å². The molecule has 1 aliphatic heterocycles. The second-order valence-corrected chi connectivity index (χ2v) is 8.48. The van der Waals surface area contributed by atoms with E-state index in [9.17, 15) is 18.0 Å². The molecule has 3 heterocycles. The summed E-state index contributed by atoms with van der Waals surface area (Å²) in [4.78, 5) is 36.3. The molecule has 190 valence electrons. The highest BCUT2D eigenvalue weighted by Crippen LogP contribution is 2.29. The lowest BCUT2D eigenvalue weighted by Gasteiger charge is -2.36. The number of hydrogen-bond donors (Lipinski definition) is 3. The van der Waals surface area contributed by atoms with E-state index in [0.29, 0.717) is 11.5 Å². The number of nitrogens with one attached hydrogen (secondary N) is 2. The number of piperidine rings is 1. The fourth-order valence-corrected chi connectivity index (χ4v) is 4.08. The van der Waals surface area contributed by atoms with Crippen molar-refractivity contribution < 1.29 is 32.3 Å². The van der Waals surface area contributed by atoms with Crippen molar-refractivity contribution in [1.82, 2.24) is 25.2 Å². The number of aromatic nitrogens is 3. The predicted molar refractivity (Wildman–Crippen MR) is 124 cm³/mol. The Hall–Kier alpha value is -3.93. The zero-order valence-corrected chi connectivity index (χ0v) is 19.2. The number of rotatable bonds is 4. The van der Waals surface area contributed by atoms with E-state index in [1.165, 1.54) is 0 Å². The molecule has 0 unspecified atom stereocenters. The maximum atomic E-state index is 12.6. The standard InChI is InChI=1S/C22H23N5O2.C2HF3O2/c1-27-11-10-14(12-18(27)22-25-15-6-2-3-7-16(15)26-22)23-20(28)13-21-24-17-8-4-5-9-19(17)29-21;3-2(4,5)1(6)7/h2-9,14,18H,10-13H2,1H3,(H,23,28)(H,25,26);(H,6,7)/t14-,18-;/m1./s1. The van der Waals surface area contributed by atoms with Crippen LogP contribution in [0.2, 0.25) is 0 Å². The van der Waals surface area contributed by atoms with Crippen molar-refractivity contribution in [3.05, 3.63) is 60.2 Å². The molecule has 36 heavy (non-hydrogen) atoms. The summed E-state index contributed by atoms with van der Waals surface area (Å²) in [6, 6.07) is 15.8. The molecule has 1 fully saturated rings. The molecule has 4 aromatic rings. The zero-order chi connectivity index (χ0) is 25.9. The molecule has 12 heteroatoms. The number of likely N-dealkylation sites (tertiary alicyclic amines) is 1. The highest BCUT2D eigenvalue weighted by molar-refractivity contribution is 5.79. The number of carbonyl (C=O) groups excluding carboxylic acids is 1. The van der Waals surface area contributed by atoms with Gasteiger partial charge in [-0.3, -0.25) is 9.69 Å². The molecule has 5 rings (SSSR count). The van der Waals surface area contributed by atoms with E-state index >= 15 is 0 Å². The summed E-state index contributed by atoms with van der Waals surface area (Å²) in [5, 5.41) is 10.3. The Bertz CT molecular complexity index is 1300. The van der Waals surface area contributed by atoms with Gasteiger partial charge in [0, 0.05) is 12.6 Å². The van der Waals surface area contributed by atoms with Gasteiger partial charge < -0.3 is 19.8 Å². The summed E-state index contributed by atoms with van der Waals surface area (Å²) in [7, 11) is 2.11. The molecule has 0 aliphatic carbocycles. The van der Waals surface area contributed by atoms with E-state index in [-0.39, 0.29) is 24.4 Å². The minimum absolute atomic E-state index is 0.0607. The number of nitrogens with zero attached hydrogens (tertiary/aromatic N) is 3. The van der Waals surface area contributed by atoms with Crippen LogP contribution >= 0.6 is 0 Å². The van der Waals surface area contributed by atoms with Crippen molar-refractivity contribution in [2.75, 3.05) is 13.6 Å². The molecule has 0 radical (unpaired) electrons. The van der Waals surface area contributed by atoms with Gasteiger partial charge >= 0.3 is 12.1 Å². The van der Waals surface area contributed by atoms with E-state index in [4.69, 9.17) is 19.3 Å². The van der Waals surface area contributed by atoms with Crippen molar-refractivity contribution in [2.24, 2.45) is 0 Å². The molecular weight excluding hydrogens is 479 g/mol. The van der Waals surface area contributed by atoms with E-state index in [0.717, 1.165) is 41.8 Å². The normalized spacial score (nSPS) is 18.6. The molecule has 1 saturated heterocycles. The van der Waals surface area contributed by atoms with Gasteiger partial charge in [-0.1, -0.05) is 24.3 Å². The molecule has 0 saturated carbocycles. The number of halogens is 3. The lowest BCUT2D eigenvalue weighted by atomic mass is 9.97. The number of oxazole rings is 1. The Kier molecular flexibility index (Phi) is 7.25. The Morgan fingerprint density at radius 1 is 1.14 bits per heavy atom. The van der Waals surface area contributed by atoms with Crippen LogP contribution in [-0.2, 0) is 16.0 Å². The number of fused-ring (bicyclic) bond motifs is 2. The summed E-state index contributed by atoms with van der Waals surface area (Å²) in [5.74, 6) is -1.42. The number of benzene rings is 2. The summed E-state index contributed by atoms with van der Waals surface area (Å²) < 4.78 is 37.4. The Morgan fingerprint density at radius 2 is 1.81 bits per heavy atom. The predicted octanol–water partition coefficient (Wildman–Crippen LogP) is 3.83. The number of aromatic amines is 1. The number of carboxylic acid groups (broad SMARTS) is 1. The van der Waals surface area contributed by atoms with Crippen molar-refractivity contribution in [3.63, 3.8) is 0 Å². The molecular formula is C24H24F3N5O4. The first-order valence-electron chi connectivity index (χ1n) is 11.2.